The molecule has 0 bridgehead atoms. The lowest BCUT2D eigenvalue weighted by atomic mass is 10.1. The Bertz CT molecular complexity index is 388. The quantitative estimate of drug-likeness (QED) is 0.802. The van der Waals surface area contributed by atoms with Gasteiger partial charge in [0.15, 0.2) is 0 Å². The van der Waals surface area contributed by atoms with E-state index >= 15 is 0 Å². The Kier molecular flexibility index (Phi) is 5.72. The lowest BCUT2D eigenvalue weighted by Gasteiger charge is -2.18. The average Bonchev–Trinajstić information content (AvgIpc) is 2.10. The lowest BCUT2D eigenvalue weighted by Crippen LogP contribution is -2.45. The Labute approximate surface area is 116 Å². The molecule has 1 rings (SSSR count). The number of aryl methyl sites for hydroxylation is 1. The molecule has 1 aromatic carbocycles. The standard InChI is InChI=1S/C11H15IN2O.ClH/c1-7-4-5-8(6-9(7)12)14-10(15)11(2,3)13;/h4-6H,13H2,1-3H3,(H,14,15);1H. The van der Waals surface area contributed by atoms with Crippen molar-refractivity contribution in [2.75, 3.05) is 5.32 Å². The van der Waals surface area contributed by atoms with Crippen LogP contribution in [0.15, 0.2) is 18.2 Å². The number of benzene rings is 1. The number of carbonyl (C=O) groups excluding carboxylic acids is 1. The number of rotatable bonds is 2. The summed E-state index contributed by atoms with van der Waals surface area (Å²) >= 11 is 2.24. The Balaban J connectivity index is 0.00000225. The first kappa shape index (κ1) is 15.7. The van der Waals surface area contributed by atoms with Gasteiger partial charge in [0, 0.05) is 9.26 Å². The summed E-state index contributed by atoms with van der Waals surface area (Å²) in [5, 5.41) is 2.78. The van der Waals surface area contributed by atoms with Gasteiger partial charge in [0.05, 0.1) is 5.54 Å². The van der Waals surface area contributed by atoms with E-state index in [2.05, 4.69) is 27.9 Å². The summed E-state index contributed by atoms with van der Waals surface area (Å²) in [4.78, 5) is 11.6. The van der Waals surface area contributed by atoms with Crippen LogP contribution in [0, 0.1) is 10.5 Å². The normalized spacial score (nSPS) is 10.6. The van der Waals surface area contributed by atoms with Crippen molar-refractivity contribution in [2.45, 2.75) is 26.3 Å². The second-order valence-electron chi connectivity index (χ2n) is 4.14. The number of hydrogen-bond acceptors (Lipinski definition) is 2. The molecule has 0 saturated carbocycles. The third-order valence-corrected chi connectivity index (χ3v) is 3.18. The molecule has 3 N–H and O–H groups in total. The van der Waals surface area contributed by atoms with E-state index in [1.807, 2.05) is 25.1 Å². The molecule has 1 aromatic rings. The van der Waals surface area contributed by atoms with Crippen LogP contribution in [0.3, 0.4) is 0 Å². The molecule has 3 nitrogen and oxygen atoms in total. The summed E-state index contributed by atoms with van der Waals surface area (Å²) in [6, 6.07) is 5.78. The highest BCUT2D eigenvalue weighted by Crippen LogP contribution is 2.17. The minimum atomic E-state index is -0.851. The van der Waals surface area contributed by atoms with Crippen LogP contribution in [0.4, 0.5) is 5.69 Å². The van der Waals surface area contributed by atoms with Gasteiger partial charge in [0.2, 0.25) is 5.91 Å². The van der Waals surface area contributed by atoms with Crippen molar-refractivity contribution in [3.63, 3.8) is 0 Å². The fourth-order valence-electron chi connectivity index (χ4n) is 0.963. The van der Waals surface area contributed by atoms with E-state index in [0.29, 0.717) is 0 Å². The Morgan fingerprint density at radius 3 is 2.44 bits per heavy atom. The summed E-state index contributed by atoms with van der Waals surface area (Å²) in [5.74, 6) is -0.179. The van der Waals surface area contributed by atoms with Gasteiger partial charge in [-0.3, -0.25) is 4.79 Å². The van der Waals surface area contributed by atoms with Crippen molar-refractivity contribution in [3.8, 4) is 0 Å². The maximum Gasteiger partial charge on any atom is 0.243 e. The Morgan fingerprint density at radius 1 is 1.44 bits per heavy atom. The van der Waals surface area contributed by atoms with Crippen LogP contribution in [0.1, 0.15) is 19.4 Å². The second kappa shape index (κ2) is 5.84. The van der Waals surface area contributed by atoms with Crippen molar-refractivity contribution in [1.82, 2.24) is 0 Å². The summed E-state index contributed by atoms with van der Waals surface area (Å²) in [5.41, 5.74) is 6.81. The van der Waals surface area contributed by atoms with Gasteiger partial charge in [-0.25, -0.2) is 0 Å². The summed E-state index contributed by atoms with van der Waals surface area (Å²) in [6.07, 6.45) is 0. The van der Waals surface area contributed by atoms with E-state index in [4.69, 9.17) is 5.73 Å². The van der Waals surface area contributed by atoms with Crippen LogP contribution in [-0.4, -0.2) is 11.4 Å². The molecule has 0 unspecified atom stereocenters. The minimum Gasteiger partial charge on any atom is -0.324 e. The van der Waals surface area contributed by atoms with Crippen LogP contribution < -0.4 is 11.1 Å². The maximum absolute atomic E-state index is 11.6. The molecule has 90 valence electrons. The molecular weight excluding hydrogens is 338 g/mol. The summed E-state index contributed by atoms with van der Waals surface area (Å²) < 4.78 is 1.13. The van der Waals surface area contributed by atoms with E-state index in [-0.39, 0.29) is 18.3 Å². The van der Waals surface area contributed by atoms with Gasteiger partial charge in [-0.1, -0.05) is 6.07 Å². The highest BCUT2D eigenvalue weighted by molar-refractivity contribution is 14.1. The zero-order valence-electron chi connectivity index (χ0n) is 9.50. The largest absolute Gasteiger partial charge is 0.324 e. The zero-order valence-corrected chi connectivity index (χ0v) is 12.5. The van der Waals surface area contributed by atoms with Gasteiger partial charge in [-0.2, -0.15) is 0 Å². The van der Waals surface area contributed by atoms with Crippen molar-refractivity contribution in [1.29, 1.82) is 0 Å². The van der Waals surface area contributed by atoms with Crippen LogP contribution in [0.25, 0.3) is 0 Å². The fraction of sp³-hybridized carbons (Fsp3) is 0.364. The number of hydrogen-bond donors (Lipinski definition) is 2. The highest BCUT2D eigenvalue weighted by atomic mass is 127. The van der Waals surface area contributed by atoms with E-state index in [9.17, 15) is 4.79 Å². The van der Waals surface area contributed by atoms with Gasteiger partial charge >= 0.3 is 0 Å². The monoisotopic (exact) mass is 354 g/mol. The first-order chi connectivity index (χ1) is 6.80. The third kappa shape index (κ3) is 4.27. The van der Waals surface area contributed by atoms with Crippen molar-refractivity contribution >= 4 is 46.6 Å². The van der Waals surface area contributed by atoms with Crippen molar-refractivity contribution in [2.24, 2.45) is 5.73 Å². The predicted molar refractivity (Wildman–Crippen MR) is 78.0 cm³/mol. The Morgan fingerprint density at radius 2 is 2.00 bits per heavy atom. The first-order valence-electron chi connectivity index (χ1n) is 4.67. The average molecular weight is 355 g/mol. The molecule has 0 atom stereocenters. The molecule has 0 radical (unpaired) electrons. The highest BCUT2D eigenvalue weighted by Gasteiger charge is 2.21. The van der Waals surface area contributed by atoms with Crippen LogP contribution >= 0.6 is 35.0 Å². The van der Waals surface area contributed by atoms with E-state index in [0.717, 1.165) is 9.26 Å². The van der Waals surface area contributed by atoms with Gasteiger partial charge in [0.25, 0.3) is 0 Å². The number of amides is 1. The first-order valence-corrected chi connectivity index (χ1v) is 5.75. The molecule has 0 aliphatic rings. The predicted octanol–water partition coefficient (Wildman–Crippen LogP) is 2.70. The molecule has 0 heterocycles. The fourth-order valence-corrected chi connectivity index (χ4v) is 1.48. The topological polar surface area (TPSA) is 55.1 Å². The molecule has 1 amide bonds. The van der Waals surface area contributed by atoms with Crippen LogP contribution in [0.5, 0.6) is 0 Å². The molecular formula is C11H16ClIN2O. The minimum absolute atomic E-state index is 0. The molecule has 5 heteroatoms. The van der Waals surface area contributed by atoms with Crippen molar-refractivity contribution in [3.05, 3.63) is 27.3 Å². The number of nitrogens with two attached hydrogens (primary N) is 1. The van der Waals surface area contributed by atoms with Gasteiger partial charge in [-0.15, -0.1) is 12.4 Å². The maximum atomic E-state index is 11.6. The second-order valence-corrected chi connectivity index (χ2v) is 5.30. The number of nitrogens with one attached hydrogen (secondary N) is 1. The third-order valence-electron chi connectivity index (χ3n) is 2.01. The molecule has 0 fully saturated rings. The van der Waals surface area contributed by atoms with Crippen LogP contribution in [-0.2, 0) is 4.79 Å². The molecule has 0 aromatic heterocycles. The SMILES string of the molecule is Cc1ccc(NC(=O)C(C)(C)N)cc1I.Cl. The van der Waals surface area contributed by atoms with Gasteiger partial charge < -0.3 is 11.1 Å². The zero-order chi connectivity index (χ0) is 11.6. The lowest BCUT2D eigenvalue weighted by molar-refractivity contribution is -0.120. The molecule has 0 aliphatic carbocycles. The van der Waals surface area contributed by atoms with Crippen LogP contribution in [0.2, 0.25) is 0 Å². The Hall–Kier alpha value is -0.330. The van der Waals surface area contributed by atoms with Gasteiger partial charge in [-0.05, 0) is 61.1 Å². The number of carbonyl (C=O) groups is 1. The van der Waals surface area contributed by atoms with E-state index < -0.39 is 5.54 Å². The molecule has 0 spiro atoms. The number of halogens is 2. The molecule has 0 aliphatic heterocycles. The molecule has 0 saturated heterocycles. The number of anilines is 1. The van der Waals surface area contributed by atoms with E-state index in [1.54, 1.807) is 13.8 Å². The molecule has 16 heavy (non-hydrogen) atoms. The van der Waals surface area contributed by atoms with Crippen molar-refractivity contribution < 1.29 is 4.79 Å². The summed E-state index contributed by atoms with van der Waals surface area (Å²) in [7, 11) is 0. The smallest absolute Gasteiger partial charge is 0.243 e. The van der Waals surface area contributed by atoms with E-state index in [1.165, 1.54) is 5.56 Å². The summed E-state index contributed by atoms with van der Waals surface area (Å²) in [6.45, 7) is 5.39. The van der Waals surface area contributed by atoms with Gasteiger partial charge in [0.1, 0.15) is 0 Å².